The van der Waals surface area contributed by atoms with Gasteiger partial charge in [0.15, 0.2) is 5.43 Å². The van der Waals surface area contributed by atoms with Gasteiger partial charge >= 0.3 is 0 Å². The molecule has 0 saturated carbocycles. The van der Waals surface area contributed by atoms with E-state index in [4.69, 9.17) is 17.3 Å². The second kappa shape index (κ2) is 5.43. The van der Waals surface area contributed by atoms with E-state index in [1.807, 2.05) is 17.6 Å². The molecule has 0 aliphatic carbocycles. The molecule has 2 N–H and O–H groups in total. The fourth-order valence-electron chi connectivity index (χ4n) is 2.07. The van der Waals surface area contributed by atoms with Gasteiger partial charge in [0.25, 0.3) is 0 Å². The van der Waals surface area contributed by atoms with Crippen molar-refractivity contribution in [1.82, 2.24) is 4.57 Å². The monoisotopic (exact) mass is 274 g/mol. The van der Waals surface area contributed by atoms with Crippen molar-refractivity contribution in [2.24, 2.45) is 5.73 Å². The van der Waals surface area contributed by atoms with Gasteiger partial charge in [-0.1, -0.05) is 24.3 Å². The first-order valence-electron chi connectivity index (χ1n) is 5.95. The van der Waals surface area contributed by atoms with E-state index < -0.39 is 0 Å². The minimum Gasteiger partial charge on any atom is -0.326 e. The zero-order valence-electron chi connectivity index (χ0n) is 10.7. The van der Waals surface area contributed by atoms with Gasteiger partial charge in [-0.15, -0.1) is 0 Å². The number of pyridine rings is 1. The topological polar surface area (TPSA) is 48.0 Å². The van der Waals surface area contributed by atoms with Gasteiger partial charge < -0.3 is 10.3 Å². The van der Waals surface area contributed by atoms with Gasteiger partial charge in [-0.25, -0.2) is 0 Å². The first kappa shape index (κ1) is 13.6. The average molecular weight is 275 g/mol. The number of nitrogens with zero attached hydrogens (tertiary/aromatic N) is 1. The molecule has 4 heteroatoms. The lowest BCUT2D eigenvalue weighted by molar-refractivity contribution is 1.01. The second-order valence-electron chi connectivity index (χ2n) is 4.14. The standard InChI is InChI=1S/C15H15ClN2O/c1-3-12(4-2)18-9-10(8-17)15(19)13-6-5-11(16)7-14(13)18/h3-7,9H,1,8,17H2,2H3/b12-4+. The summed E-state index contributed by atoms with van der Waals surface area (Å²) in [5, 5.41) is 1.19. The third kappa shape index (κ3) is 2.35. The molecule has 0 saturated heterocycles. The van der Waals surface area contributed by atoms with Crippen LogP contribution in [-0.2, 0) is 6.54 Å². The maximum absolute atomic E-state index is 12.2. The fourth-order valence-corrected chi connectivity index (χ4v) is 2.23. The van der Waals surface area contributed by atoms with Crippen LogP contribution in [0.2, 0.25) is 5.02 Å². The molecule has 0 unspecified atom stereocenters. The summed E-state index contributed by atoms with van der Waals surface area (Å²) in [6, 6.07) is 5.21. The van der Waals surface area contributed by atoms with Crippen LogP contribution < -0.4 is 11.2 Å². The average Bonchev–Trinajstić information content (AvgIpc) is 2.42. The molecule has 19 heavy (non-hydrogen) atoms. The maximum Gasteiger partial charge on any atom is 0.193 e. The summed E-state index contributed by atoms with van der Waals surface area (Å²) in [6.07, 6.45) is 5.39. The SMILES string of the molecule is C=C/C(=C\C)n1cc(CN)c(=O)c2ccc(Cl)cc21. The summed E-state index contributed by atoms with van der Waals surface area (Å²) in [5.74, 6) is 0. The lowest BCUT2D eigenvalue weighted by atomic mass is 10.1. The third-order valence-electron chi connectivity index (χ3n) is 3.04. The Hall–Kier alpha value is -1.84. The quantitative estimate of drug-likeness (QED) is 0.874. The molecule has 0 radical (unpaired) electrons. The van der Waals surface area contributed by atoms with Crippen molar-refractivity contribution in [3.05, 3.63) is 63.9 Å². The summed E-state index contributed by atoms with van der Waals surface area (Å²) >= 11 is 6.02. The number of hydrogen-bond donors (Lipinski definition) is 1. The molecule has 0 amide bonds. The van der Waals surface area contributed by atoms with Crippen molar-refractivity contribution in [3.8, 4) is 0 Å². The summed E-state index contributed by atoms with van der Waals surface area (Å²) in [5.41, 5.74) is 7.78. The summed E-state index contributed by atoms with van der Waals surface area (Å²) in [6.45, 7) is 5.89. The van der Waals surface area contributed by atoms with Crippen molar-refractivity contribution in [3.63, 3.8) is 0 Å². The highest BCUT2D eigenvalue weighted by Crippen LogP contribution is 2.21. The van der Waals surface area contributed by atoms with Crippen LogP contribution in [0.3, 0.4) is 0 Å². The van der Waals surface area contributed by atoms with Gasteiger partial charge in [0.1, 0.15) is 0 Å². The molecule has 0 spiro atoms. The Morgan fingerprint density at radius 2 is 2.26 bits per heavy atom. The zero-order valence-corrected chi connectivity index (χ0v) is 11.4. The van der Waals surface area contributed by atoms with E-state index in [0.29, 0.717) is 16.0 Å². The first-order chi connectivity index (χ1) is 9.12. The first-order valence-corrected chi connectivity index (χ1v) is 6.33. The number of allylic oxidation sites excluding steroid dienone is 3. The Morgan fingerprint density at radius 3 is 2.84 bits per heavy atom. The third-order valence-corrected chi connectivity index (χ3v) is 3.28. The van der Waals surface area contributed by atoms with E-state index >= 15 is 0 Å². The second-order valence-corrected chi connectivity index (χ2v) is 4.57. The molecule has 1 aromatic carbocycles. The number of aromatic nitrogens is 1. The van der Waals surface area contributed by atoms with Gasteiger partial charge in [-0.3, -0.25) is 4.79 Å². The number of fused-ring (bicyclic) bond motifs is 1. The van der Waals surface area contributed by atoms with E-state index in [9.17, 15) is 4.79 Å². The molecule has 0 aliphatic rings. The number of halogens is 1. The van der Waals surface area contributed by atoms with Crippen molar-refractivity contribution >= 4 is 28.2 Å². The molecule has 2 aromatic rings. The van der Waals surface area contributed by atoms with Gasteiger partial charge in [-0.05, 0) is 31.2 Å². The van der Waals surface area contributed by atoms with E-state index in [1.165, 1.54) is 0 Å². The summed E-state index contributed by atoms with van der Waals surface area (Å²) in [4.78, 5) is 12.2. The Bertz CT molecular complexity index is 729. The molecule has 0 bridgehead atoms. The zero-order chi connectivity index (χ0) is 14.0. The highest BCUT2D eigenvalue weighted by molar-refractivity contribution is 6.31. The number of hydrogen-bond acceptors (Lipinski definition) is 2. The molecule has 0 fully saturated rings. The van der Waals surface area contributed by atoms with Gasteiger partial charge in [-0.2, -0.15) is 0 Å². The highest BCUT2D eigenvalue weighted by atomic mass is 35.5. The van der Waals surface area contributed by atoms with Gasteiger partial charge in [0.2, 0.25) is 0 Å². The van der Waals surface area contributed by atoms with Crippen molar-refractivity contribution < 1.29 is 0 Å². The maximum atomic E-state index is 12.2. The van der Waals surface area contributed by atoms with Gasteiger partial charge in [0, 0.05) is 34.4 Å². The lowest BCUT2D eigenvalue weighted by Gasteiger charge is -2.14. The van der Waals surface area contributed by atoms with E-state index in [-0.39, 0.29) is 12.0 Å². The predicted octanol–water partition coefficient (Wildman–Crippen LogP) is 3.16. The molecular formula is C15H15ClN2O. The number of rotatable bonds is 3. The van der Waals surface area contributed by atoms with Crippen LogP contribution in [0.25, 0.3) is 16.6 Å². The fraction of sp³-hybridized carbons (Fsp3) is 0.133. The number of benzene rings is 1. The summed E-state index contributed by atoms with van der Waals surface area (Å²) < 4.78 is 1.89. The van der Waals surface area contributed by atoms with Crippen LogP contribution in [0.4, 0.5) is 0 Å². The van der Waals surface area contributed by atoms with Crippen LogP contribution in [0, 0.1) is 0 Å². The van der Waals surface area contributed by atoms with Crippen molar-refractivity contribution in [2.75, 3.05) is 0 Å². The molecule has 98 valence electrons. The van der Waals surface area contributed by atoms with E-state index in [0.717, 1.165) is 11.2 Å². The molecule has 3 nitrogen and oxygen atoms in total. The Labute approximate surface area is 116 Å². The largest absolute Gasteiger partial charge is 0.326 e. The molecule has 0 atom stereocenters. The van der Waals surface area contributed by atoms with Crippen LogP contribution >= 0.6 is 11.6 Å². The Morgan fingerprint density at radius 1 is 1.53 bits per heavy atom. The molecular weight excluding hydrogens is 260 g/mol. The molecule has 0 aliphatic heterocycles. The van der Waals surface area contributed by atoms with E-state index in [1.54, 1.807) is 30.5 Å². The van der Waals surface area contributed by atoms with Gasteiger partial charge in [0.05, 0.1) is 5.52 Å². The molecule has 1 aromatic heterocycles. The Balaban J connectivity index is 2.96. The summed E-state index contributed by atoms with van der Waals surface area (Å²) in [7, 11) is 0. The van der Waals surface area contributed by atoms with Crippen molar-refractivity contribution in [1.29, 1.82) is 0 Å². The predicted molar refractivity (Wildman–Crippen MR) is 81.3 cm³/mol. The minimum atomic E-state index is -0.0510. The molecule has 2 rings (SSSR count). The van der Waals surface area contributed by atoms with Crippen molar-refractivity contribution in [2.45, 2.75) is 13.5 Å². The van der Waals surface area contributed by atoms with Crippen LogP contribution in [-0.4, -0.2) is 4.57 Å². The van der Waals surface area contributed by atoms with Crippen LogP contribution in [0.1, 0.15) is 12.5 Å². The van der Waals surface area contributed by atoms with Crippen LogP contribution in [0.5, 0.6) is 0 Å². The normalized spacial score (nSPS) is 11.8. The molecule has 1 heterocycles. The smallest absolute Gasteiger partial charge is 0.193 e. The highest BCUT2D eigenvalue weighted by Gasteiger charge is 2.09. The van der Waals surface area contributed by atoms with E-state index in [2.05, 4.69) is 6.58 Å². The lowest BCUT2D eigenvalue weighted by Crippen LogP contribution is -2.17. The number of nitrogens with two attached hydrogens (primary N) is 1. The minimum absolute atomic E-state index is 0.0510. The Kier molecular flexibility index (Phi) is 3.88. The van der Waals surface area contributed by atoms with Crippen LogP contribution in [0.15, 0.2) is 47.9 Å².